The molecule has 0 spiro atoms. The number of nitrogens with one attached hydrogen (secondary N) is 2. The molecule has 2 N–H and O–H groups in total. The van der Waals surface area contributed by atoms with Crippen LogP contribution >= 0.6 is 11.6 Å². The number of rotatable bonds is 7. The van der Waals surface area contributed by atoms with E-state index in [1.165, 1.54) is 12.5 Å². The van der Waals surface area contributed by atoms with Gasteiger partial charge in [-0.2, -0.15) is 0 Å². The third kappa shape index (κ3) is 7.62. The molecule has 1 unspecified atom stereocenters. The second kappa shape index (κ2) is 13.3. The van der Waals surface area contributed by atoms with Crippen LogP contribution in [0.4, 0.5) is 10.6 Å². The van der Waals surface area contributed by atoms with Gasteiger partial charge in [0.25, 0.3) is 11.5 Å². The lowest BCUT2D eigenvalue weighted by Crippen LogP contribution is -2.46. The minimum atomic E-state index is -0.598. The zero-order chi connectivity index (χ0) is 32.3. The van der Waals surface area contributed by atoms with Crippen LogP contribution < -0.4 is 15.6 Å². The molecule has 4 aromatic rings. The Balaban J connectivity index is 1.53. The zero-order valence-electron chi connectivity index (χ0n) is 26.2. The van der Waals surface area contributed by atoms with Crippen molar-refractivity contribution in [3.05, 3.63) is 81.0 Å². The molecule has 1 saturated heterocycles. The molecule has 5 rings (SSSR count). The number of carbonyl (C=O) groups excluding carboxylic acids is 2. The summed E-state index contributed by atoms with van der Waals surface area (Å²) in [5, 5.41) is 3.42. The van der Waals surface area contributed by atoms with Gasteiger partial charge in [0.2, 0.25) is 0 Å². The number of halogens is 1. The van der Waals surface area contributed by atoms with Gasteiger partial charge in [0.15, 0.2) is 0 Å². The van der Waals surface area contributed by atoms with Crippen molar-refractivity contribution in [2.75, 3.05) is 18.5 Å². The molecule has 1 aliphatic rings. The first kappa shape index (κ1) is 32.0. The van der Waals surface area contributed by atoms with Crippen LogP contribution in [0.25, 0.3) is 22.0 Å². The number of amides is 2. The van der Waals surface area contributed by atoms with Crippen molar-refractivity contribution in [1.29, 1.82) is 0 Å². The lowest BCUT2D eigenvalue weighted by Gasteiger charge is -2.36. The number of piperidine rings is 1. The number of likely N-dealkylation sites (tertiary alicyclic amines) is 1. The second-order valence-corrected chi connectivity index (χ2v) is 12.8. The van der Waals surface area contributed by atoms with Gasteiger partial charge >= 0.3 is 6.09 Å². The number of aromatic nitrogens is 3. The van der Waals surface area contributed by atoms with E-state index in [-0.39, 0.29) is 34.9 Å². The average molecular weight is 632 g/mol. The van der Waals surface area contributed by atoms with E-state index < -0.39 is 11.5 Å². The highest BCUT2D eigenvalue weighted by molar-refractivity contribution is 6.35. The number of carbonyl (C=O) groups is 2. The highest BCUT2D eigenvalue weighted by Crippen LogP contribution is 2.37. The Labute approximate surface area is 267 Å². The fourth-order valence-corrected chi connectivity index (χ4v) is 5.95. The van der Waals surface area contributed by atoms with Crippen molar-refractivity contribution in [3.63, 3.8) is 0 Å². The minimum Gasteiger partial charge on any atom is -0.492 e. The number of pyridine rings is 1. The molecule has 236 valence electrons. The molecular formula is C34H38ClN5O5. The summed E-state index contributed by atoms with van der Waals surface area (Å²) in [6, 6.07) is 10.6. The molecule has 11 heteroatoms. The molecule has 0 bridgehead atoms. The summed E-state index contributed by atoms with van der Waals surface area (Å²) in [5.41, 5.74) is 2.71. The van der Waals surface area contributed by atoms with Gasteiger partial charge in [-0.3, -0.25) is 9.59 Å². The van der Waals surface area contributed by atoms with Gasteiger partial charge in [-0.1, -0.05) is 40.9 Å². The summed E-state index contributed by atoms with van der Waals surface area (Å²) >= 11 is 6.56. The second-order valence-electron chi connectivity index (χ2n) is 12.4. The topological polar surface area (TPSA) is 127 Å². The minimum absolute atomic E-state index is 0.0739. The molecule has 1 atom stereocenters. The molecule has 10 nitrogen and oxygen atoms in total. The van der Waals surface area contributed by atoms with Gasteiger partial charge in [-0.05, 0) is 77.6 Å². The molecule has 1 fully saturated rings. The summed E-state index contributed by atoms with van der Waals surface area (Å²) in [7, 11) is 0. The van der Waals surface area contributed by atoms with Crippen molar-refractivity contribution in [2.24, 2.45) is 0 Å². The van der Waals surface area contributed by atoms with Crippen molar-refractivity contribution in [2.45, 2.75) is 71.9 Å². The van der Waals surface area contributed by atoms with E-state index in [4.69, 9.17) is 21.1 Å². The molecular weight excluding hydrogens is 594 g/mol. The molecule has 2 amide bonds. The molecule has 3 heterocycles. The summed E-state index contributed by atoms with van der Waals surface area (Å²) in [6.45, 7) is 10.3. The van der Waals surface area contributed by atoms with Crippen LogP contribution in [0.1, 0.15) is 67.9 Å². The van der Waals surface area contributed by atoms with E-state index in [9.17, 15) is 14.4 Å². The average Bonchev–Trinajstić information content (AvgIpc) is 2.96. The number of H-pyrrole nitrogens is 1. The largest absolute Gasteiger partial charge is 0.492 e. The predicted molar refractivity (Wildman–Crippen MR) is 175 cm³/mol. The number of hydrogen-bond acceptors (Lipinski definition) is 7. The number of ether oxygens (including phenoxy) is 2. The van der Waals surface area contributed by atoms with Crippen LogP contribution in [0.5, 0.6) is 5.75 Å². The van der Waals surface area contributed by atoms with E-state index in [2.05, 4.69) is 20.3 Å². The standard InChI is InChI=1S/C34H38ClN5O5/c1-20-14-21(2)16-22(15-20)29-30(44-13-10-23-8-6-7-12-40(23)33(43)45-34(3,4)5)25-17-24(26(35)18-27(25)38-32(29)42)31(41)39-28-9-11-36-19-37-28/h9,11,14-19,23H,6-8,10,12-13H2,1-5H3,(H,38,42)(H,36,37,39,41). The third-order valence-electron chi connectivity index (χ3n) is 7.59. The Bertz CT molecular complexity index is 1760. The molecule has 0 radical (unpaired) electrons. The van der Waals surface area contributed by atoms with Crippen molar-refractivity contribution < 1.29 is 19.1 Å². The number of aryl methyl sites for hydroxylation is 2. The molecule has 2 aromatic carbocycles. The number of hydrogen-bond donors (Lipinski definition) is 2. The SMILES string of the molecule is Cc1cc(C)cc(-c2c(OCCC3CCCCN3C(=O)OC(C)(C)C)c3cc(C(=O)Nc4ccncn4)c(Cl)cc3[nH]c2=O)c1. The van der Waals surface area contributed by atoms with Gasteiger partial charge < -0.3 is 24.7 Å². The van der Waals surface area contributed by atoms with E-state index in [0.717, 1.165) is 30.4 Å². The maximum atomic E-state index is 13.6. The van der Waals surface area contributed by atoms with Crippen molar-refractivity contribution in [3.8, 4) is 16.9 Å². The third-order valence-corrected chi connectivity index (χ3v) is 7.90. The normalized spacial score (nSPS) is 15.2. The fraction of sp³-hybridized carbons (Fsp3) is 0.382. The van der Waals surface area contributed by atoms with Gasteiger partial charge in [0, 0.05) is 30.6 Å². The van der Waals surface area contributed by atoms with Gasteiger partial charge in [-0.25, -0.2) is 14.8 Å². The van der Waals surface area contributed by atoms with E-state index >= 15 is 0 Å². The van der Waals surface area contributed by atoms with Crippen molar-refractivity contribution >= 4 is 40.3 Å². The maximum Gasteiger partial charge on any atom is 0.410 e. The fourth-order valence-electron chi connectivity index (χ4n) is 5.70. The lowest BCUT2D eigenvalue weighted by molar-refractivity contribution is 0.00744. The summed E-state index contributed by atoms with van der Waals surface area (Å²) in [6.07, 6.45) is 5.79. The van der Waals surface area contributed by atoms with Crippen LogP contribution in [-0.2, 0) is 4.74 Å². The van der Waals surface area contributed by atoms with Gasteiger partial charge in [0.1, 0.15) is 23.5 Å². The Morgan fingerprint density at radius 3 is 2.56 bits per heavy atom. The number of fused-ring (bicyclic) bond motifs is 1. The van der Waals surface area contributed by atoms with Crippen LogP contribution in [-0.4, -0.2) is 56.6 Å². The van der Waals surface area contributed by atoms with E-state index in [1.807, 2.05) is 52.8 Å². The van der Waals surface area contributed by atoms with E-state index in [0.29, 0.717) is 46.6 Å². The molecule has 0 saturated carbocycles. The quantitative estimate of drug-likeness (QED) is 0.223. The number of nitrogens with zero attached hydrogens (tertiary/aromatic N) is 3. The number of anilines is 1. The molecule has 1 aliphatic heterocycles. The van der Waals surface area contributed by atoms with Crippen LogP contribution in [0.15, 0.2) is 53.7 Å². The van der Waals surface area contributed by atoms with Crippen LogP contribution in [0.3, 0.4) is 0 Å². The molecule has 2 aromatic heterocycles. The van der Waals surface area contributed by atoms with Gasteiger partial charge in [0.05, 0.1) is 28.3 Å². The first-order valence-electron chi connectivity index (χ1n) is 15.1. The van der Waals surface area contributed by atoms with Gasteiger partial charge in [-0.15, -0.1) is 0 Å². The Morgan fingerprint density at radius 1 is 1.11 bits per heavy atom. The lowest BCUT2D eigenvalue weighted by atomic mass is 9.98. The van der Waals surface area contributed by atoms with E-state index in [1.54, 1.807) is 23.1 Å². The summed E-state index contributed by atoms with van der Waals surface area (Å²) in [4.78, 5) is 52.6. The highest BCUT2D eigenvalue weighted by Gasteiger charge is 2.31. The molecule has 0 aliphatic carbocycles. The smallest absolute Gasteiger partial charge is 0.410 e. The monoisotopic (exact) mass is 631 g/mol. The molecule has 45 heavy (non-hydrogen) atoms. The van der Waals surface area contributed by atoms with Crippen molar-refractivity contribution in [1.82, 2.24) is 19.9 Å². The Kier molecular flexibility index (Phi) is 9.43. The zero-order valence-corrected chi connectivity index (χ0v) is 27.0. The Morgan fingerprint density at radius 2 is 1.87 bits per heavy atom. The maximum absolute atomic E-state index is 13.6. The predicted octanol–water partition coefficient (Wildman–Crippen LogP) is 7.07. The summed E-state index contributed by atoms with van der Waals surface area (Å²) in [5.74, 6) is 0.189. The van der Waals surface area contributed by atoms with Crippen LogP contribution in [0.2, 0.25) is 5.02 Å². The first-order valence-corrected chi connectivity index (χ1v) is 15.5. The highest BCUT2D eigenvalue weighted by atomic mass is 35.5. The first-order chi connectivity index (χ1) is 21.4. The van der Waals surface area contributed by atoms with Crippen LogP contribution in [0, 0.1) is 13.8 Å². The summed E-state index contributed by atoms with van der Waals surface area (Å²) < 4.78 is 12.2. The number of benzene rings is 2. The Hall–Kier alpha value is -4.44. The number of aromatic amines is 1.